The molecule has 4 rings (SSSR count). The normalized spacial score (nSPS) is 14.0. The van der Waals surface area contributed by atoms with E-state index in [0.29, 0.717) is 42.7 Å². The van der Waals surface area contributed by atoms with E-state index in [1.54, 1.807) is 12.0 Å². The Morgan fingerprint density at radius 2 is 1.70 bits per heavy atom. The van der Waals surface area contributed by atoms with E-state index >= 15 is 0 Å². The molecule has 0 aromatic heterocycles. The Kier molecular flexibility index (Phi) is 7.29. The first-order chi connectivity index (χ1) is 16.1. The predicted molar refractivity (Wildman–Crippen MR) is 129 cm³/mol. The molecular weight excluding hydrogens is 418 g/mol. The molecule has 0 unspecified atom stereocenters. The van der Waals surface area contributed by atoms with Crippen LogP contribution >= 0.6 is 0 Å². The zero-order chi connectivity index (χ0) is 23.0. The highest BCUT2D eigenvalue weighted by Gasteiger charge is 2.23. The third-order valence-electron chi connectivity index (χ3n) is 5.93. The molecule has 1 fully saturated rings. The summed E-state index contributed by atoms with van der Waals surface area (Å²) in [6, 6.07) is 21.1. The maximum Gasteiger partial charge on any atom is 0.321 e. The average molecular weight is 448 g/mol. The van der Waals surface area contributed by atoms with Gasteiger partial charge in [-0.1, -0.05) is 42.5 Å². The number of fused-ring (bicyclic) bond motifs is 1. The number of urea groups is 1. The van der Waals surface area contributed by atoms with Crippen LogP contribution in [0.3, 0.4) is 0 Å². The van der Waals surface area contributed by atoms with Gasteiger partial charge in [-0.15, -0.1) is 0 Å². The van der Waals surface area contributed by atoms with Crippen molar-refractivity contribution in [2.75, 3.05) is 38.7 Å². The number of carbonyl (C=O) groups excluding carboxylic acids is 2. The number of nitrogens with one attached hydrogen (secondary N) is 2. The van der Waals surface area contributed by atoms with Gasteiger partial charge in [-0.3, -0.25) is 4.79 Å². The van der Waals surface area contributed by atoms with Crippen LogP contribution in [0, 0.1) is 5.92 Å². The second kappa shape index (κ2) is 10.7. The number of rotatable bonds is 7. The number of para-hydroxylation sites is 2. The summed E-state index contributed by atoms with van der Waals surface area (Å²) >= 11 is 0. The van der Waals surface area contributed by atoms with Gasteiger partial charge in [0.25, 0.3) is 5.91 Å². The number of amides is 3. The van der Waals surface area contributed by atoms with Gasteiger partial charge < -0.3 is 25.0 Å². The number of benzene rings is 3. The molecule has 7 heteroatoms. The smallest absolute Gasteiger partial charge is 0.321 e. The summed E-state index contributed by atoms with van der Waals surface area (Å²) in [5.74, 6) is 1.51. The standard InChI is InChI=1S/C26H29N3O4/c1-32-24-9-5-4-8-23(24)28-26(31)29-14-12-19(13-15-29)17-27-25(30)18-33-22-11-10-20-6-2-3-7-21(20)16-22/h2-11,16,19H,12-15,17-18H2,1H3,(H,27,30)(H,28,31). The molecule has 0 radical (unpaired) electrons. The Bertz CT molecular complexity index is 1110. The number of anilines is 1. The lowest BCUT2D eigenvalue weighted by Crippen LogP contribution is -2.43. The van der Waals surface area contributed by atoms with Gasteiger partial charge in [0.15, 0.2) is 6.61 Å². The van der Waals surface area contributed by atoms with E-state index < -0.39 is 0 Å². The largest absolute Gasteiger partial charge is 0.495 e. The number of hydrogen-bond donors (Lipinski definition) is 2. The van der Waals surface area contributed by atoms with E-state index in [1.165, 1.54) is 0 Å². The van der Waals surface area contributed by atoms with Crippen molar-refractivity contribution in [1.82, 2.24) is 10.2 Å². The summed E-state index contributed by atoms with van der Waals surface area (Å²) in [5, 5.41) is 8.09. The number of carbonyl (C=O) groups is 2. The van der Waals surface area contributed by atoms with Crippen LogP contribution in [-0.2, 0) is 4.79 Å². The molecule has 3 aromatic carbocycles. The van der Waals surface area contributed by atoms with Gasteiger partial charge in [-0.25, -0.2) is 4.79 Å². The minimum Gasteiger partial charge on any atom is -0.495 e. The minimum absolute atomic E-state index is 0.0154. The molecule has 3 aromatic rings. The quantitative estimate of drug-likeness (QED) is 0.566. The maximum atomic E-state index is 12.6. The van der Waals surface area contributed by atoms with Crippen LogP contribution in [0.5, 0.6) is 11.5 Å². The van der Waals surface area contributed by atoms with Crippen LogP contribution in [0.15, 0.2) is 66.7 Å². The number of hydrogen-bond acceptors (Lipinski definition) is 4. The molecule has 0 aliphatic carbocycles. The zero-order valence-corrected chi connectivity index (χ0v) is 18.8. The summed E-state index contributed by atoms with van der Waals surface area (Å²) < 4.78 is 10.9. The fourth-order valence-corrected chi connectivity index (χ4v) is 4.00. The number of methoxy groups -OCH3 is 1. The van der Waals surface area contributed by atoms with Crippen molar-refractivity contribution in [1.29, 1.82) is 0 Å². The van der Waals surface area contributed by atoms with Crippen LogP contribution in [0.25, 0.3) is 10.8 Å². The summed E-state index contributed by atoms with van der Waals surface area (Å²) in [6.07, 6.45) is 1.68. The lowest BCUT2D eigenvalue weighted by molar-refractivity contribution is -0.123. The van der Waals surface area contributed by atoms with E-state index in [0.717, 1.165) is 23.6 Å². The fourth-order valence-electron chi connectivity index (χ4n) is 4.00. The summed E-state index contributed by atoms with van der Waals surface area (Å²) in [4.78, 5) is 26.6. The Morgan fingerprint density at radius 3 is 2.48 bits per heavy atom. The Labute approximate surface area is 193 Å². The SMILES string of the molecule is COc1ccccc1NC(=O)N1CCC(CNC(=O)COc2ccc3ccccc3c2)CC1. The van der Waals surface area contributed by atoms with Crippen molar-refractivity contribution in [3.8, 4) is 11.5 Å². The zero-order valence-electron chi connectivity index (χ0n) is 18.8. The molecule has 1 saturated heterocycles. The molecule has 33 heavy (non-hydrogen) atoms. The maximum absolute atomic E-state index is 12.6. The molecule has 1 heterocycles. The van der Waals surface area contributed by atoms with Crippen molar-refractivity contribution in [2.24, 2.45) is 5.92 Å². The summed E-state index contributed by atoms with van der Waals surface area (Å²) in [7, 11) is 1.58. The lowest BCUT2D eigenvalue weighted by atomic mass is 9.97. The molecule has 0 bridgehead atoms. The molecular formula is C26H29N3O4. The van der Waals surface area contributed by atoms with E-state index in [2.05, 4.69) is 10.6 Å². The Morgan fingerprint density at radius 1 is 0.970 bits per heavy atom. The van der Waals surface area contributed by atoms with Crippen LogP contribution in [0.1, 0.15) is 12.8 Å². The van der Waals surface area contributed by atoms with E-state index in [-0.39, 0.29) is 18.5 Å². The third kappa shape index (κ3) is 5.94. The van der Waals surface area contributed by atoms with Crippen LogP contribution in [0.4, 0.5) is 10.5 Å². The Balaban J connectivity index is 1.17. The van der Waals surface area contributed by atoms with Crippen molar-refractivity contribution >= 4 is 28.4 Å². The van der Waals surface area contributed by atoms with Crippen molar-refractivity contribution < 1.29 is 19.1 Å². The topological polar surface area (TPSA) is 79.9 Å². The highest BCUT2D eigenvalue weighted by atomic mass is 16.5. The molecule has 172 valence electrons. The fraction of sp³-hybridized carbons (Fsp3) is 0.308. The average Bonchev–Trinajstić information content (AvgIpc) is 2.86. The highest BCUT2D eigenvalue weighted by molar-refractivity contribution is 5.91. The molecule has 1 aliphatic heterocycles. The first-order valence-corrected chi connectivity index (χ1v) is 11.2. The lowest BCUT2D eigenvalue weighted by Gasteiger charge is -2.32. The second-order valence-corrected chi connectivity index (χ2v) is 8.16. The van der Waals surface area contributed by atoms with Crippen molar-refractivity contribution in [3.05, 3.63) is 66.7 Å². The molecule has 1 aliphatic rings. The van der Waals surface area contributed by atoms with Gasteiger partial charge in [0.05, 0.1) is 12.8 Å². The third-order valence-corrected chi connectivity index (χ3v) is 5.93. The van der Waals surface area contributed by atoms with Crippen LogP contribution in [0.2, 0.25) is 0 Å². The number of likely N-dealkylation sites (tertiary alicyclic amines) is 1. The van der Waals surface area contributed by atoms with Gasteiger partial charge in [-0.2, -0.15) is 0 Å². The first kappa shape index (κ1) is 22.5. The van der Waals surface area contributed by atoms with Gasteiger partial charge in [-0.05, 0) is 53.8 Å². The molecule has 7 nitrogen and oxygen atoms in total. The van der Waals surface area contributed by atoms with Gasteiger partial charge in [0.2, 0.25) is 0 Å². The molecule has 0 saturated carbocycles. The summed E-state index contributed by atoms with van der Waals surface area (Å²) in [5.41, 5.74) is 0.658. The minimum atomic E-state index is -0.139. The molecule has 2 N–H and O–H groups in total. The van der Waals surface area contributed by atoms with Crippen molar-refractivity contribution in [3.63, 3.8) is 0 Å². The predicted octanol–water partition coefficient (Wildman–Crippen LogP) is 4.29. The Hall–Kier alpha value is -3.74. The number of ether oxygens (including phenoxy) is 2. The van der Waals surface area contributed by atoms with E-state index in [4.69, 9.17) is 9.47 Å². The summed E-state index contributed by atoms with van der Waals surface area (Å²) in [6.45, 7) is 1.87. The van der Waals surface area contributed by atoms with Crippen LogP contribution < -0.4 is 20.1 Å². The van der Waals surface area contributed by atoms with E-state index in [9.17, 15) is 9.59 Å². The van der Waals surface area contributed by atoms with Gasteiger partial charge >= 0.3 is 6.03 Å². The number of nitrogens with zero attached hydrogens (tertiary/aromatic N) is 1. The monoisotopic (exact) mass is 447 g/mol. The van der Waals surface area contributed by atoms with Gasteiger partial charge in [0, 0.05) is 19.6 Å². The first-order valence-electron chi connectivity index (χ1n) is 11.2. The van der Waals surface area contributed by atoms with Crippen LogP contribution in [-0.4, -0.2) is 50.2 Å². The molecule has 0 atom stereocenters. The molecule has 3 amide bonds. The van der Waals surface area contributed by atoms with Gasteiger partial charge in [0.1, 0.15) is 11.5 Å². The highest BCUT2D eigenvalue weighted by Crippen LogP contribution is 2.24. The van der Waals surface area contributed by atoms with Crippen molar-refractivity contribution in [2.45, 2.75) is 12.8 Å². The van der Waals surface area contributed by atoms with E-state index in [1.807, 2.05) is 66.7 Å². The molecule has 0 spiro atoms. The second-order valence-electron chi connectivity index (χ2n) is 8.16. The number of piperidine rings is 1.